The molecule has 1 amide bonds. The molecular formula is C20H23ClN2O5S. The average molecular weight is 439 g/mol. The van der Waals surface area contributed by atoms with Crippen molar-refractivity contribution in [3.05, 3.63) is 52.5 Å². The van der Waals surface area contributed by atoms with Crippen molar-refractivity contribution in [1.29, 1.82) is 0 Å². The van der Waals surface area contributed by atoms with Gasteiger partial charge in [-0.05, 0) is 49.2 Å². The second-order valence-corrected chi connectivity index (χ2v) is 9.26. The summed E-state index contributed by atoms with van der Waals surface area (Å²) in [5.74, 6) is 0.642. The summed E-state index contributed by atoms with van der Waals surface area (Å²) in [5.41, 5.74) is 2.42. The third-order valence-corrected chi connectivity index (χ3v) is 5.87. The predicted octanol–water partition coefficient (Wildman–Crippen LogP) is 2.68. The van der Waals surface area contributed by atoms with Gasteiger partial charge in [-0.3, -0.25) is 9.10 Å². The lowest BCUT2D eigenvalue weighted by Crippen LogP contribution is -2.51. The number of ether oxygens (including phenoxy) is 2. The lowest BCUT2D eigenvalue weighted by molar-refractivity contribution is -0.127. The van der Waals surface area contributed by atoms with Crippen molar-refractivity contribution in [1.82, 2.24) is 5.32 Å². The van der Waals surface area contributed by atoms with Gasteiger partial charge in [0.25, 0.3) is 5.91 Å². The van der Waals surface area contributed by atoms with Crippen molar-refractivity contribution < 1.29 is 22.7 Å². The number of sulfonamides is 1. The average Bonchev–Trinajstić information content (AvgIpc) is 2.66. The van der Waals surface area contributed by atoms with Gasteiger partial charge in [-0.25, -0.2) is 8.42 Å². The SMILES string of the molecule is Cc1ccc(C)c(OCCNC(=O)C2CN(S(C)(=O)=O)c3cc(Cl)ccc3O2)c1. The zero-order valence-electron chi connectivity index (χ0n) is 16.4. The summed E-state index contributed by atoms with van der Waals surface area (Å²) in [4.78, 5) is 12.5. The molecule has 0 bridgehead atoms. The minimum absolute atomic E-state index is 0.129. The van der Waals surface area contributed by atoms with Gasteiger partial charge in [-0.2, -0.15) is 0 Å². The van der Waals surface area contributed by atoms with Crippen LogP contribution in [0, 0.1) is 13.8 Å². The van der Waals surface area contributed by atoms with Crippen LogP contribution in [-0.2, 0) is 14.8 Å². The topological polar surface area (TPSA) is 84.9 Å². The Bertz CT molecular complexity index is 1030. The van der Waals surface area contributed by atoms with Gasteiger partial charge in [-0.1, -0.05) is 23.7 Å². The van der Waals surface area contributed by atoms with E-state index in [4.69, 9.17) is 21.1 Å². The third kappa shape index (κ3) is 5.13. The largest absolute Gasteiger partial charge is 0.491 e. The van der Waals surface area contributed by atoms with Crippen LogP contribution in [0.25, 0.3) is 0 Å². The summed E-state index contributed by atoms with van der Waals surface area (Å²) < 4.78 is 36.9. The molecular weight excluding hydrogens is 416 g/mol. The smallest absolute Gasteiger partial charge is 0.263 e. The highest BCUT2D eigenvalue weighted by molar-refractivity contribution is 7.92. The molecule has 0 radical (unpaired) electrons. The maximum atomic E-state index is 12.5. The Hall–Kier alpha value is -2.45. The molecule has 0 fully saturated rings. The third-order valence-electron chi connectivity index (χ3n) is 4.49. The molecule has 0 saturated carbocycles. The van der Waals surface area contributed by atoms with Gasteiger partial charge >= 0.3 is 0 Å². The van der Waals surface area contributed by atoms with Crippen LogP contribution in [0.2, 0.25) is 5.02 Å². The van der Waals surface area contributed by atoms with Crippen molar-refractivity contribution in [2.45, 2.75) is 20.0 Å². The van der Waals surface area contributed by atoms with Crippen LogP contribution in [0.3, 0.4) is 0 Å². The molecule has 1 atom stereocenters. The maximum Gasteiger partial charge on any atom is 0.263 e. The van der Waals surface area contributed by atoms with Crippen LogP contribution >= 0.6 is 11.6 Å². The van der Waals surface area contributed by atoms with Gasteiger partial charge in [0.05, 0.1) is 25.0 Å². The standard InChI is InChI=1S/C20H23ClN2O5S/c1-13-4-5-14(2)18(10-13)27-9-8-22-20(24)19-12-23(29(3,25)26)16-11-15(21)6-7-17(16)28-19/h4-7,10-11,19H,8-9,12H2,1-3H3,(H,22,24). The van der Waals surface area contributed by atoms with Crippen LogP contribution < -0.4 is 19.1 Å². The first-order chi connectivity index (χ1) is 13.6. The highest BCUT2D eigenvalue weighted by Crippen LogP contribution is 2.37. The number of benzene rings is 2. The fraction of sp³-hybridized carbons (Fsp3) is 0.350. The molecule has 1 N–H and O–H groups in total. The Labute approximate surface area is 175 Å². The molecule has 1 unspecified atom stereocenters. The molecule has 2 aromatic carbocycles. The lowest BCUT2D eigenvalue weighted by atomic mass is 10.1. The van der Waals surface area contributed by atoms with Crippen molar-refractivity contribution >= 4 is 33.2 Å². The zero-order valence-corrected chi connectivity index (χ0v) is 18.0. The van der Waals surface area contributed by atoms with E-state index in [1.807, 2.05) is 32.0 Å². The fourth-order valence-corrected chi connectivity index (χ4v) is 4.06. The Kier molecular flexibility index (Phi) is 6.24. The summed E-state index contributed by atoms with van der Waals surface area (Å²) in [6.45, 7) is 4.35. The molecule has 156 valence electrons. The first kappa shape index (κ1) is 21.3. The molecule has 9 heteroatoms. The number of hydrogen-bond acceptors (Lipinski definition) is 5. The van der Waals surface area contributed by atoms with Gasteiger partial charge in [0.15, 0.2) is 6.10 Å². The Morgan fingerprint density at radius 3 is 2.76 bits per heavy atom. The van der Waals surface area contributed by atoms with Gasteiger partial charge < -0.3 is 14.8 Å². The molecule has 1 aliphatic rings. The maximum absolute atomic E-state index is 12.5. The fourth-order valence-electron chi connectivity index (χ4n) is 2.99. The summed E-state index contributed by atoms with van der Waals surface area (Å²) >= 11 is 5.98. The van der Waals surface area contributed by atoms with Gasteiger partial charge in [0.2, 0.25) is 10.0 Å². The molecule has 2 aromatic rings. The number of carbonyl (C=O) groups excluding carboxylic acids is 1. The van der Waals surface area contributed by atoms with E-state index < -0.39 is 22.0 Å². The molecule has 0 aliphatic carbocycles. The Balaban J connectivity index is 1.62. The van der Waals surface area contributed by atoms with Crippen LogP contribution in [0.5, 0.6) is 11.5 Å². The lowest BCUT2D eigenvalue weighted by Gasteiger charge is -2.34. The van der Waals surface area contributed by atoms with E-state index in [0.717, 1.165) is 27.4 Å². The highest BCUT2D eigenvalue weighted by atomic mass is 35.5. The van der Waals surface area contributed by atoms with Gasteiger partial charge in [-0.15, -0.1) is 0 Å². The summed E-state index contributed by atoms with van der Waals surface area (Å²) in [6, 6.07) is 10.6. The number of carbonyl (C=O) groups is 1. The van der Waals surface area contributed by atoms with Crippen LogP contribution in [-0.4, -0.2) is 46.4 Å². The van der Waals surface area contributed by atoms with E-state index >= 15 is 0 Å². The first-order valence-corrected chi connectivity index (χ1v) is 11.3. The number of nitrogens with zero attached hydrogens (tertiary/aromatic N) is 1. The number of fused-ring (bicyclic) bond motifs is 1. The Morgan fingerprint density at radius 1 is 1.28 bits per heavy atom. The van der Waals surface area contributed by atoms with E-state index in [1.54, 1.807) is 12.1 Å². The zero-order chi connectivity index (χ0) is 21.2. The van der Waals surface area contributed by atoms with Crippen LogP contribution in [0.1, 0.15) is 11.1 Å². The number of amides is 1. The first-order valence-electron chi connectivity index (χ1n) is 9.07. The summed E-state index contributed by atoms with van der Waals surface area (Å²) in [6.07, 6.45) is 0.106. The second-order valence-electron chi connectivity index (χ2n) is 6.92. The van der Waals surface area contributed by atoms with E-state index in [9.17, 15) is 13.2 Å². The van der Waals surface area contributed by atoms with Crippen LogP contribution in [0.4, 0.5) is 5.69 Å². The quantitative estimate of drug-likeness (QED) is 0.701. The normalized spacial score (nSPS) is 16.0. The summed E-state index contributed by atoms with van der Waals surface area (Å²) in [7, 11) is -3.60. The number of halogens is 1. The van der Waals surface area contributed by atoms with E-state index in [-0.39, 0.29) is 25.4 Å². The molecule has 29 heavy (non-hydrogen) atoms. The second kappa shape index (κ2) is 8.51. The minimum atomic E-state index is -3.60. The molecule has 7 nitrogen and oxygen atoms in total. The highest BCUT2D eigenvalue weighted by Gasteiger charge is 2.35. The molecule has 1 aliphatic heterocycles. The number of nitrogens with one attached hydrogen (secondary N) is 1. The number of anilines is 1. The summed E-state index contributed by atoms with van der Waals surface area (Å²) in [5, 5.41) is 3.12. The van der Waals surface area contributed by atoms with Crippen molar-refractivity contribution in [3.63, 3.8) is 0 Å². The van der Waals surface area contributed by atoms with Crippen LogP contribution in [0.15, 0.2) is 36.4 Å². The molecule has 3 rings (SSSR count). The number of aryl methyl sites for hydroxylation is 2. The van der Waals surface area contributed by atoms with Crippen molar-refractivity contribution in [2.75, 3.05) is 30.3 Å². The molecule has 1 heterocycles. The molecule has 0 spiro atoms. The number of hydrogen-bond donors (Lipinski definition) is 1. The van der Waals surface area contributed by atoms with E-state index in [0.29, 0.717) is 10.7 Å². The Morgan fingerprint density at radius 2 is 2.03 bits per heavy atom. The van der Waals surface area contributed by atoms with Gasteiger partial charge in [0.1, 0.15) is 18.1 Å². The van der Waals surface area contributed by atoms with Crippen molar-refractivity contribution in [3.8, 4) is 11.5 Å². The molecule has 0 saturated heterocycles. The minimum Gasteiger partial charge on any atom is -0.491 e. The van der Waals surface area contributed by atoms with Crippen molar-refractivity contribution in [2.24, 2.45) is 0 Å². The van der Waals surface area contributed by atoms with E-state index in [2.05, 4.69) is 5.32 Å². The predicted molar refractivity (Wildman–Crippen MR) is 112 cm³/mol. The molecule has 0 aromatic heterocycles. The van der Waals surface area contributed by atoms with E-state index in [1.165, 1.54) is 6.07 Å². The monoisotopic (exact) mass is 438 g/mol. The number of rotatable bonds is 6. The van der Waals surface area contributed by atoms with Gasteiger partial charge in [0, 0.05) is 5.02 Å².